The molecule has 37 heavy (non-hydrogen) atoms. The van der Waals surface area contributed by atoms with Gasteiger partial charge in [-0.1, -0.05) is 60.2 Å². The van der Waals surface area contributed by atoms with Crippen molar-refractivity contribution in [1.29, 1.82) is 0 Å². The fourth-order valence-corrected chi connectivity index (χ4v) is 5.30. The minimum atomic E-state index is -4.15. The van der Waals surface area contributed by atoms with E-state index in [9.17, 15) is 18.0 Å². The van der Waals surface area contributed by atoms with Crippen LogP contribution in [0.1, 0.15) is 25.0 Å². The maximum absolute atomic E-state index is 13.8. The molecule has 0 bridgehead atoms. The minimum absolute atomic E-state index is 0.0403. The summed E-state index contributed by atoms with van der Waals surface area (Å²) in [6.07, 6.45) is 0. The summed E-state index contributed by atoms with van der Waals surface area (Å²) in [5.41, 5.74) is 2.12. The number of anilines is 1. The number of hydrogen-bond acceptors (Lipinski definition) is 5. The van der Waals surface area contributed by atoms with Gasteiger partial charge in [0.15, 0.2) is 0 Å². The number of aryl methyl sites for hydroxylation is 1. The number of para-hydroxylation sites is 2. The zero-order valence-corrected chi connectivity index (χ0v) is 22.4. The third-order valence-electron chi connectivity index (χ3n) is 5.93. The number of sulfonamides is 1. The summed E-state index contributed by atoms with van der Waals surface area (Å²) in [6.45, 7) is 5.31. The molecule has 1 N–H and O–H groups in total. The van der Waals surface area contributed by atoms with Crippen LogP contribution in [0.4, 0.5) is 5.69 Å². The van der Waals surface area contributed by atoms with Crippen LogP contribution < -0.4 is 14.4 Å². The van der Waals surface area contributed by atoms with E-state index in [-0.39, 0.29) is 23.0 Å². The van der Waals surface area contributed by atoms with Gasteiger partial charge in [0.1, 0.15) is 18.3 Å². The number of rotatable bonds is 11. The number of benzene rings is 3. The van der Waals surface area contributed by atoms with Gasteiger partial charge in [0.05, 0.1) is 17.2 Å². The van der Waals surface area contributed by atoms with Gasteiger partial charge in [0.2, 0.25) is 11.8 Å². The molecule has 3 aromatic rings. The molecule has 0 radical (unpaired) electrons. The monoisotopic (exact) mass is 523 g/mol. The van der Waals surface area contributed by atoms with Crippen LogP contribution in [0.3, 0.4) is 0 Å². The Labute approximate surface area is 218 Å². The first-order valence-corrected chi connectivity index (χ1v) is 13.5. The highest BCUT2D eigenvalue weighted by molar-refractivity contribution is 7.92. The van der Waals surface area contributed by atoms with E-state index in [4.69, 9.17) is 4.74 Å². The highest BCUT2D eigenvalue weighted by atomic mass is 32.2. The number of carbonyl (C=O) groups excluding carboxylic acids is 2. The number of ether oxygens (including phenoxy) is 1. The number of nitrogens with one attached hydrogen (secondary N) is 1. The Morgan fingerprint density at radius 2 is 1.57 bits per heavy atom. The number of carbonyl (C=O) groups is 2. The summed E-state index contributed by atoms with van der Waals surface area (Å²) in [5.74, 6) is -0.545. The Hall–Kier alpha value is -3.85. The molecule has 8 nitrogen and oxygen atoms in total. The maximum atomic E-state index is 13.8. The third-order valence-corrected chi connectivity index (χ3v) is 7.71. The number of hydrogen-bond donors (Lipinski definition) is 1. The topological polar surface area (TPSA) is 96.0 Å². The Balaban J connectivity index is 2.06. The predicted octanol–water partition coefficient (Wildman–Crippen LogP) is 3.75. The van der Waals surface area contributed by atoms with Crippen molar-refractivity contribution in [1.82, 2.24) is 10.2 Å². The number of nitrogens with zero attached hydrogens (tertiary/aromatic N) is 2. The number of amides is 2. The van der Waals surface area contributed by atoms with Gasteiger partial charge < -0.3 is 15.0 Å². The van der Waals surface area contributed by atoms with Gasteiger partial charge in [-0.15, -0.1) is 0 Å². The van der Waals surface area contributed by atoms with Crippen LogP contribution in [0.15, 0.2) is 83.8 Å². The summed E-state index contributed by atoms with van der Waals surface area (Å²) in [5, 5.41) is 2.58. The van der Waals surface area contributed by atoms with Gasteiger partial charge in [-0.3, -0.25) is 13.9 Å². The summed E-state index contributed by atoms with van der Waals surface area (Å²) in [4.78, 5) is 27.8. The van der Waals surface area contributed by atoms with Crippen LogP contribution in [-0.4, -0.2) is 51.4 Å². The Morgan fingerprint density at radius 1 is 0.946 bits per heavy atom. The zero-order chi connectivity index (χ0) is 27.0. The lowest BCUT2D eigenvalue weighted by Gasteiger charge is -2.32. The van der Waals surface area contributed by atoms with Crippen LogP contribution in [-0.2, 0) is 26.2 Å². The van der Waals surface area contributed by atoms with Gasteiger partial charge in [0.25, 0.3) is 10.0 Å². The molecule has 3 aromatic carbocycles. The standard InChI is InChI=1S/C28H33N3O5S/c1-5-36-26-14-10-9-13-25(26)31(37(34,35)24-11-7-6-8-12-24)20-27(32)30(22(3)28(33)29-4)19-23-17-15-21(2)16-18-23/h6-18,22H,5,19-20H2,1-4H3,(H,29,33)/t22-/m0/s1. The van der Waals surface area contributed by atoms with E-state index in [1.54, 1.807) is 56.3 Å². The van der Waals surface area contributed by atoms with Gasteiger partial charge in [0, 0.05) is 13.6 Å². The molecule has 0 aliphatic heterocycles. The first-order valence-electron chi connectivity index (χ1n) is 12.0. The lowest BCUT2D eigenvalue weighted by molar-refractivity contribution is -0.139. The maximum Gasteiger partial charge on any atom is 0.264 e. The molecule has 9 heteroatoms. The van der Waals surface area contributed by atoms with Crippen LogP contribution in [0, 0.1) is 6.92 Å². The van der Waals surface area contributed by atoms with Crippen molar-refractivity contribution in [2.24, 2.45) is 0 Å². The average molecular weight is 524 g/mol. The first kappa shape index (κ1) is 27.7. The van der Waals surface area contributed by atoms with E-state index in [1.807, 2.05) is 31.2 Å². The molecule has 0 heterocycles. The molecule has 0 aliphatic rings. The molecule has 0 saturated carbocycles. The van der Waals surface area contributed by atoms with Gasteiger partial charge >= 0.3 is 0 Å². The SMILES string of the molecule is CCOc1ccccc1N(CC(=O)N(Cc1ccc(C)cc1)[C@@H](C)C(=O)NC)S(=O)(=O)c1ccccc1. The quantitative estimate of drug-likeness (QED) is 0.413. The van der Waals surface area contributed by atoms with E-state index in [2.05, 4.69) is 5.32 Å². The average Bonchev–Trinajstić information content (AvgIpc) is 2.91. The van der Waals surface area contributed by atoms with E-state index >= 15 is 0 Å². The summed E-state index contributed by atoms with van der Waals surface area (Å²) in [7, 11) is -2.65. The second-order valence-corrected chi connectivity index (χ2v) is 10.4. The zero-order valence-electron chi connectivity index (χ0n) is 21.5. The number of likely N-dealkylation sites (N-methyl/N-ethyl adjacent to an activating group) is 1. The van der Waals surface area contributed by atoms with Crippen molar-refractivity contribution in [3.05, 3.63) is 90.0 Å². The van der Waals surface area contributed by atoms with E-state index < -0.39 is 28.5 Å². The highest BCUT2D eigenvalue weighted by Gasteiger charge is 2.33. The predicted molar refractivity (Wildman–Crippen MR) is 144 cm³/mol. The smallest absolute Gasteiger partial charge is 0.264 e. The van der Waals surface area contributed by atoms with Crippen molar-refractivity contribution in [2.45, 2.75) is 38.3 Å². The lowest BCUT2D eigenvalue weighted by atomic mass is 10.1. The molecule has 0 spiro atoms. The largest absolute Gasteiger partial charge is 0.492 e. The molecule has 0 aromatic heterocycles. The first-order chi connectivity index (χ1) is 17.7. The summed E-state index contributed by atoms with van der Waals surface area (Å²) in [6, 6.07) is 21.4. The molecule has 3 rings (SSSR count). The van der Waals surface area contributed by atoms with Gasteiger partial charge in [-0.25, -0.2) is 8.42 Å². The Bertz CT molecular complexity index is 1310. The second-order valence-electron chi connectivity index (χ2n) is 8.52. The molecule has 0 fully saturated rings. The van der Waals surface area contributed by atoms with Crippen molar-refractivity contribution < 1.29 is 22.7 Å². The fraction of sp³-hybridized carbons (Fsp3) is 0.286. The molecule has 0 saturated heterocycles. The summed E-state index contributed by atoms with van der Waals surface area (Å²) < 4.78 is 34.4. The van der Waals surface area contributed by atoms with Gasteiger partial charge in [-0.2, -0.15) is 0 Å². The molecule has 0 unspecified atom stereocenters. The van der Waals surface area contributed by atoms with Crippen LogP contribution in [0.25, 0.3) is 0 Å². The van der Waals surface area contributed by atoms with Crippen LogP contribution in [0.5, 0.6) is 5.75 Å². The molecular weight excluding hydrogens is 490 g/mol. The van der Waals surface area contributed by atoms with E-state index in [0.717, 1.165) is 15.4 Å². The minimum Gasteiger partial charge on any atom is -0.492 e. The van der Waals surface area contributed by atoms with Crippen molar-refractivity contribution in [3.8, 4) is 5.75 Å². The normalized spacial score (nSPS) is 11.9. The fourth-order valence-electron chi connectivity index (χ4n) is 3.86. The van der Waals surface area contributed by atoms with Crippen molar-refractivity contribution in [3.63, 3.8) is 0 Å². The Kier molecular flexibility index (Phi) is 9.30. The Morgan fingerprint density at radius 3 is 2.19 bits per heavy atom. The molecule has 2 amide bonds. The second kappa shape index (κ2) is 12.4. The van der Waals surface area contributed by atoms with Crippen LogP contribution >= 0.6 is 0 Å². The third kappa shape index (κ3) is 6.68. The molecular formula is C28H33N3O5S. The van der Waals surface area contributed by atoms with Crippen LogP contribution in [0.2, 0.25) is 0 Å². The van der Waals surface area contributed by atoms with E-state index in [1.165, 1.54) is 24.1 Å². The molecule has 0 aliphatic carbocycles. The van der Waals surface area contributed by atoms with Crippen molar-refractivity contribution >= 4 is 27.5 Å². The summed E-state index contributed by atoms with van der Waals surface area (Å²) >= 11 is 0. The van der Waals surface area contributed by atoms with Gasteiger partial charge in [-0.05, 0) is 50.6 Å². The van der Waals surface area contributed by atoms with Crippen molar-refractivity contribution in [2.75, 3.05) is 24.5 Å². The highest BCUT2D eigenvalue weighted by Crippen LogP contribution is 2.32. The lowest BCUT2D eigenvalue weighted by Crippen LogP contribution is -2.50. The van der Waals surface area contributed by atoms with E-state index in [0.29, 0.717) is 12.4 Å². The molecule has 196 valence electrons. The molecule has 1 atom stereocenters.